The van der Waals surface area contributed by atoms with Crippen LogP contribution in [0.5, 0.6) is 5.75 Å². The van der Waals surface area contributed by atoms with Crippen molar-refractivity contribution in [3.63, 3.8) is 0 Å². The Kier molecular flexibility index (Phi) is 21.7. The third-order valence-electron chi connectivity index (χ3n) is 20.8. The number of nitrogens with zero attached hydrogens (tertiary/aromatic N) is 3. The van der Waals surface area contributed by atoms with Gasteiger partial charge in [-0.05, 0) is 221 Å². The maximum atomic E-state index is 12.2. The molecule has 9 aromatic rings. The van der Waals surface area contributed by atoms with Gasteiger partial charge in [0.2, 0.25) is 0 Å². The van der Waals surface area contributed by atoms with Gasteiger partial charge >= 0.3 is 0 Å². The van der Waals surface area contributed by atoms with Crippen LogP contribution >= 0.6 is 0 Å². The fraction of sp³-hybridized carbons (Fsp3) is 0.318. The van der Waals surface area contributed by atoms with Crippen LogP contribution in [0.2, 0.25) is 0 Å². The van der Waals surface area contributed by atoms with Crippen LogP contribution in [0.4, 0.5) is 17.1 Å². The average molecular weight is 1240 g/mol. The van der Waals surface area contributed by atoms with Crippen LogP contribution in [0, 0.1) is 20.8 Å². The van der Waals surface area contributed by atoms with Crippen molar-refractivity contribution >= 4 is 51.4 Å². The second kappa shape index (κ2) is 31.3. The predicted molar refractivity (Wildman–Crippen MR) is 392 cm³/mol. The van der Waals surface area contributed by atoms with Crippen molar-refractivity contribution in [3.8, 4) is 5.75 Å². The average Bonchev–Trinajstić information content (AvgIpc) is 0.752. The monoisotopic (exact) mass is 1240 g/mol. The van der Waals surface area contributed by atoms with Crippen LogP contribution < -0.4 is 4.74 Å². The number of rotatable bonds is 20. The van der Waals surface area contributed by atoms with E-state index in [1.807, 2.05) is 98.1 Å². The topological polar surface area (TPSA) is 86.8 Å². The van der Waals surface area contributed by atoms with Crippen molar-refractivity contribution < 1.29 is 14.9 Å². The summed E-state index contributed by atoms with van der Waals surface area (Å²) in [7, 11) is 1.86. The summed E-state index contributed by atoms with van der Waals surface area (Å²) in [6.07, 6.45) is 17.7. The van der Waals surface area contributed by atoms with Crippen LogP contribution in [0.3, 0.4) is 0 Å². The molecule has 0 heterocycles. The standard InChI is InChI=1S/C88H91N3O3/c1-60(73-52-76(64-33-15-6-16-34-64)83(58-92)85(61(73)2)80(67-39-21-9-22-40-67)55-89-70-45-27-12-28-46-70)51-79(74-53-77(65-35-17-7-18-36-65)84(59-93)86(62(74)3)81(68-41-23-10-24-42-68)56-90-71-47-29-13-30-48-71)75-54-78(66-37-19-8-20-38-66)88(94-5)87(63(75)4)82(69-43-25-11-26-44-69)57-91-72-49-31-14-32-50-72/h9-14,21-32,39-50,52-54,60,64-66,79,92-93H,6-8,15-20,33-38,51,58-59H2,1-5H3. The molecule has 0 aliphatic heterocycles. The third kappa shape index (κ3) is 14.5. The molecule has 3 aliphatic rings. The van der Waals surface area contributed by atoms with Gasteiger partial charge in [-0.3, -0.25) is 0 Å². The number of ether oxygens (including phenoxy) is 1. The zero-order valence-electron chi connectivity index (χ0n) is 55.8. The lowest BCUT2D eigenvalue weighted by atomic mass is 9.70. The molecule has 0 amide bonds. The van der Waals surface area contributed by atoms with Crippen LogP contribution in [0.15, 0.2) is 215 Å². The molecule has 0 bridgehead atoms. The molecule has 2 unspecified atom stereocenters. The Morgan fingerprint density at radius 1 is 0.404 bits per heavy atom. The van der Waals surface area contributed by atoms with Gasteiger partial charge in [0.1, 0.15) is 5.75 Å². The van der Waals surface area contributed by atoms with E-state index in [-0.39, 0.29) is 36.9 Å². The Hall–Kier alpha value is -8.95. The Labute approximate surface area is 559 Å². The summed E-state index contributed by atoms with van der Waals surface area (Å²) in [4.78, 5) is 15.4. The zero-order valence-corrected chi connectivity index (χ0v) is 55.8. The molecule has 0 spiro atoms. The van der Waals surface area contributed by atoms with Crippen LogP contribution in [-0.2, 0) is 13.2 Å². The highest BCUT2D eigenvalue weighted by Gasteiger charge is 2.35. The second-order valence-corrected chi connectivity index (χ2v) is 26.6. The lowest BCUT2D eigenvalue weighted by Gasteiger charge is -2.34. The Balaban J connectivity index is 1.19. The van der Waals surface area contributed by atoms with E-state index in [1.165, 1.54) is 52.6 Å². The first-order valence-electron chi connectivity index (χ1n) is 34.8. The summed E-state index contributed by atoms with van der Waals surface area (Å²) >= 11 is 0. The zero-order chi connectivity index (χ0) is 64.8. The third-order valence-corrected chi connectivity index (χ3v) is 20.8. The molecule has 3 fully saturated rings. The minimum atomic E-state index is -0.204. The first-order valence-corrected chi connectivity index (χ1v) is 34.8. The van der Waals surface area contributed by atoms with E-state index >= 15 is 0 Å². The number of aliphatic hydroxyl groups is 2. The summed E-state index contributed by atoms with van der Waals surface area (Å²) in [6, 6.07) is 70.0. The van der Waals surface area contributed by atoms with Crippen molar-refractivity contribution in [2.45, 2.75) is 173 Å². The molecular formula is C88H91N3O3. The number of para-hydroxylation sites is 3. The van der Waals surface area contributed by atoms with Gasteiger partial charge in [0.15, 0.2) is 0 Å². The van der Waals surface area contributed by atoms with Crippen molar-refractivity contribution in [1.29, 1.82) is 0 Å². The van der Waals surface area contributed by atoms with Gasteiger partial charge in [0.25, 0.3) is 0 Å². The Morgan fingerprint density at radius 2 is 0.702 bits per heavy atom. The number of aliphatic imine (C=N–C) groups is 3. The van der Waals surface area contributed by atoms with Crippen molar-refractivity contribution in [2.75, 3.05) is 7.11 Å². The molecule has 6 nitrogen and oxygen atoms in total. The molecule has 94 heavy (non-hydrogen) atoms. The minimum absolute atomic E-state index is 0.0314. The first kappa shape index (κ1) is 65.1. The highest BCUT2D eigenvalue weighted by molar-refractivity contribution is 6.04. The lowest BCUT2D eigenvalue weighted by Crippen LogP contribution is -2.19. The smallest absolute Gasteiger partial charge is 0.131 e. The van der Waals surface area contributed by atoms with Crippen LogP contribution in [0.25, 0.3) is 16.7 Å². The van der Waals surface area contributed by atoms with E-state index in [9.17, 15) is 10.2 Å². The molecule has 6 heteroatoms. The number of methoxy groups -OCH3 is 1. The highest BCUT2D eigenvalue weighted by atomic mass is 16.5. The maximum Gasteiger partial charge on any atom is 0.131 e. The summed E-state index contributed by atoms with van der Waals surface area (Å²) in [5.74, 6) is 12.5. The number of aliphatic hydroxyl groups excluding tert-OH is 2. The minimum Gasteiger partial charge on any atom is -0.496 e. The normalized spacial score (nSPS) is 15.2. The van der Waals surface area contributed by atoms with E-state index in [0.717, 1.165) is 184 Å². The molecule has 12 rings (SSSR count). The van der Waals surface area contributed by atoms with E-state index in [0.29, 0.717) is 5.92 Å². The van der Waals surface area contributed by atoms with Gasteiger partial charge in [-0.1, -0.05) is 229 Å². The summed E-state index contributed by atoms with van der Waals surface area (Å²) in [5, 5.41) is 24.2. The van der Waals surface area contributed by atoms with Gasteiger partial charge in [-0.25, -0.2) is 15.0 Å². The molecular weight excluding hydrogens is 1150 g/mol. The number of hydrogen-bond acceptors (Lipinski definition) is 6. The fourth-order valence-corrected chi connectivity index (χ4v) is 16.0. The molecule has 9 aromatic carbocycles. The fourth-order valence-electron chi connectivity index (χ4n) is 16.0. The van der Waals surface area contributed by atoms with Crippen LogP contribution in [-0.4, -0.2) is 34.9 Å². The highest BCUT2D eigenvalue weighted by Crippen LogP contribution is 2.52. The van der Waals surface area contributed by atoms with Gasteiger partial charge < -0.3 is 14.9 Å². The molecule has 2 atom stereocenters. The van der Waals surface area contributed by atoms with E-state index in [4.69, 9.17) is 19.7 Å². The second-order valence-electron chi connectivity index (χ2n) is 26.6. The van der Waals surface area contributed by atoms with E-state index < -0.39 is 0 Å². The number of benzene rings is 9. The molecule has 3 saturated carbocycles. The predicted octanol–water partition coefficient (Wildman–Crippen LogP) is 22.4. The summed E-state index contributed by atoms with van der Waals surface area (Å²) < 4.78 is 6.91. The largest absolute Gasteiger partial charge is 0.496 e. The summed E-state index contributed by atoms with van der Waals surface area (Å²) in [5.41, 5.74) is 23.9. The van der Waals surface area contributed by atoms with E-state index in [2.05, 4.69) is 154 Å². The van der Waals surface area contributed by atoms with Crippen LogP contribution in [0.1, 0.15) is 234 Å². The molecule has 0 radical (unpaired) electrons. The van der Waals surface area contributed by atoms with Gasteiger partial charge in [0.05, 0.1) is 54.1 Å². The van der Waals surface area contributed by atoms with Crippen molar-refractivity contribution in [2.24, 2.45) is 15.0 Å². The van der Waals surface area contributed by atoms with E-state index in [1.54, 1.807) is 0 Å². The molecule has 3 aliphatic carbocycles. The van der Waals surface area contributed by atoms with Gasteiger partial charge in [0, 0.05) is 22.6 Å². The van der Waals surface area contributed by atoms with Gasteiger partial charge in [-0.15, -0.1) is 0 Å². The summed E-state index contributed by atoms with van der Waals surface area (Å²) in [6.45, 7) is 9.17. The van der Waals surface area contributed by atoms with Crippen molar-refractivity contribution in [3.05, 3.63) is 295 Å². The molecule has 2 N–H and O–H groups in total. The molecule has 0 saturated heterocycles. The maximum absolute atomic E-state index is 12.2. The van der Waals surface area contributed by atoms with Gasteiger partial charge in [-0.2, -0.15) is 0 Å². The number of hydrogen-bond donors (Lipinski definition) is 2. The Bertz CT molecular complexity index is 4070. The van der Waals surface area contributed by atoms with Crippen molar-refractivity contribution in [1.82, 2.24) is 0 Å². The Morgan fingerprint density at radius 3 is 1.05 bits per heavy atom. The molecule has 476 valence electrons. The SMILES string of the molecule is COc1c(C2CCCCC2)cc(C(CC(C)c2cc(C3CCCCC3)c(CO)c(C(=C=Nc3ccccc3)c3ccccc3)c2C)c2cc(C3CCCCC3)c(CO)c(C(=C=Nc3ccccc3)c3ccccc3)c2C)c(C)c1C(=C=Nc1ccccc1)c1ccccc1. The lowest BCUT2D eigenvalue weighted by molar-refractivity contribution is 0.278. The first-order chi connectivity index (χ1) is 46.2. The quantitative estimate of drug-likeness (QED) is 0.0746. The molecule has 0 aromatic heterocycles.